The van der Waals surface area contributed by atoms with Crippen molar-refractivity contribution in [2.24, 2.45) is 0 Å². The fourth-order valence-corrected chi connectivity index (χ4v) is 3.21. The summed E-state index contributed by atoms with van der Waals surface area (Å²) in [7, 11) is 0. The fraction of sp³-hybridized carbons (Fsp3) is 0.111. The molecule has 0 amide bonds. The van der Waals surface area contributed by atoms with Gasteiger partial charge in [-0.25, -0.2) is 9.59 Å². The predicted molar refractivity (Wildman–Crippen MR) is 127 cm³/mol. The number of esters is 2. The maximum Gasteiger partial charge on any atom is 0.338 e. The molecule has 0 aliphatic rings. The number of hydrogen-bond donors (Lipinski definition) is 0. The van der Waals surface area contributed by atoms with E-state index in [1.165, 1.54) is 0 Å². The molecule has 0 saturated heterocycles. The zero-order chi connectivity index (χ0) is 23.3. The van der Waals surface area contributed by atoms with Crippen LogP contribution in [0.4, 0.5) is 17.1 Å². The Kier molecular flexibility index (Phi) is 6.90. The van der Waals surface area contributed by atoms with E-state index < -0.39 is 11.9 Å². The number of anilines is 3. The second kappa shape index (κ2) is 9.79. The van der Waals surface area contributed by atoms with Gasteiger partial charge in [0.2, 0.25) is 0 Å². The molecule has 0 heterocycles. The zero-order valence-corrected chi connectivity index (χ0v) is 18.4. The Morgan fingerprint density at radius 2 is 1.25 bits per heavy atom. The summed E-state index contributed by atoms with van der Waals surface area (Å²) in [5.41, 5.74) is 5.33. The molecule has 0 bridgehead atoms. The number of ether oxygens (including phenoxy) is 2. The van der Waals surface area contributed by atoms with E-state index in [9.17, 15) is 9.59 Å². The van der Waals surface area contributed by atoms with Crippen LogP contribution >= 0.6 is 0 Å². The van der Waals surface area contributed by atoms with E-state index in [2.05, 4.69) is 36.3 Å². The molecule has 5 nitrogen and oxygen atoms in total. The summed E-state index contributed by atoms with van der Waals surface area (Å²) in [4.78, 5) is 25.4. The second-order valence-electron chi connectivity index (χ2n) is 7.46. The maximum atomic E-state index is 11.8. The monoisotopic (exact) mass is 427 g/mol. The molecular weight excluding hydrogens is 402 g/mol. The summed E-state index contributed by atoms with van der Waals surface area (Å²) in [6.45, 7) is 12.7. The van der Waals surface area contributed by atoms with Gasteiger partial charge in [0.05, 0.1) is 0 Å². The largest absolute Gasteiger partial charge is 0.423 e. The van der Waals surface area contributed by atoms with Crippen LogP contribution in [0.25, 0.3) is 0 Å². The molecule has 0 aromatic heterocycles. The van der Waals surface area contributed by atoms with Crippen molar-refractivity contribution < 1.29 is 19.1 Å². The Hall–Kier alpha value is -4.12. The van der Waals surface area contributed by atoms with Crippen LogP contribution in [0.1, 0.15) is 18.1 Å². The summed E-state index contributed by atoms with van der Waals surface area (Å²) in [6.07, 6.45) is 1.12. The number of benzene rings is 3. The number of rotatable bonds is 7. The van der Waals surface area contributed by atoms with Gasteiger partial charge in [0.25, 0.3) is 0 Å². The van der Waals surface area contributed by atoms with Gasteiger partial charge in [-0.15, -0.1) is 0 Å². The molecule has 5 heteroatoms. The van der Waals surface area contributed by atoms with E-state index in [1.54, 1.807) is 31.2 Å². The summed E-state index contributed by atoms with van der Waals surface area (Å²) < 4.78 is 10.5. The Morgan fingerprint density at radius 3 is 1.69 bits per heavy atom. The highest BCUT2D eigenvalue weighted by Crippen LogP contribution is 2.37. The van der Waals surface area contributed by atoms with Crippen molar-refractivity contribution in [3.63, 3.8) is 0 Å². The van der Waals surface area contributed by atoms with Crippen molar-refractivity contribution in [2.75, 3.05) is 4.90 Å². The molecule has 3 aromatic rings. The quantitative estimate of drug-likeness (QED) is 0.250. The van der Waals surface area contributed by atoms with Gasteiger partial charge in [-0.3, -0.25) is 0 Å². The first kappa shape index (κ1) is 22.6. The summed E-state index contributed by atoms with van der Waals surface area (Å²) in [5.74, 6) is -0.104. The summed E-state index contributed by atoms with van der Waals surface area (Å²) >= 11 is 0. The minimum atomic E-state index is -0.510. The fourth-order valence-electron chi connectivity index (χ4n) is 3.21. The minimum absolute atomic E-state index is 0.336. The molecule has 0 fully saturated rings. The van der Waals surface area contributed by atoms with E-state index in [4.69, 9.17) is 9.47 Å². The number of carbonyl (C=O) groups excluding carboxylic acids is 2. The van der Waals surface area contributed by atoms with Crippen molar-refractivity contribution in [1.29, 1.82) is 0 Å². The third kappa shape index (κ3) is 5.52. The molecule has 0 radical (unpaired) electrons. The number of aryl methyl sites for hydroxylation is 2. The first-order valence-electron chi connectivity index (χ1n) is 10.1. The van der Waals surface area contributed by atoms with Crippen LogP contribution in [-0.2, 0) is 9.59 Å². The van der Waals surface area contributed by atoms with Crippen LogP contribution in [0.2, 0.25) is 0 Å². The van der Waals surface area contributed by atoms with Crippen molar-refractivity contribution in [1.82, 2.24) is 0 Å². The molecule has 3 rings (SSSR count). The Balaban J connectivity index is 2.00. The van der Waals surface area contributed by atoms with E-state index in [0.717, 1.165) is 34.3 Å². The van der Waals surface area contributed by atoms with E-state index >= 15 is 0 Å². The maximum absolute atomic E-state index is 11.8. The van der Waals surface area contributed by atoms with Crippen molar-refractivity contribution in [3.8, 4) is 11.5 Å². The number of hydrogen-bond acceptors (Lipinski definition) is 5. The van der Waals surface area contributed by atoms with Crippen LogP contribution in [0.5, 0.6) is 11.5 Å². The van der Waals surface area contributed by atoms with Crippen LogP contribution in [0.3, 0.4) is 0 Å². The van der Waals surface area contributed by atoms with Gasteiger partial charge in [0, 0.05) is 28.7 Å². The van der Waals surface area contributed by atoms with Crippen LogP contribution in [-0.4, -0.2) is 11.9 Å². The molecule has 0 N–H and O–H groups in total. The SMILES string of the molecule is C=CC(=O)Oc1ccc(N(c2ccc(OC(=O)C(=C)C)cc2)c2cc(C)cc(C)c2)cc1. The lowest BCUT2D eigenvalue weighted by Crippen LogP contribution is -2.11. The molecular formula is C27H25NO4. The van der Waals surface area contributed by atoms with Crippen LogP contribution < -0.4 is 14.4 Å². The average molecular weight is 428 g/mol. The van der Waals surface area contributed by atoms with Crippen molar-refractivity contribution in [2.45, 2.75) is 20.8 Å². The van der Waals surface area contributed by atoms with Gasteiger partial charge in [-0.1, -0.05) is 19.2 Å². The van der Waals surface area contributed by atoms with Gasteiger partial charge in [-0.05, 0) is 92.6 Å². The lowest BCUT2D eigenvalue weighted by Gasteiger charge is -2.26. The minimum Gasteiger partial charge on any atom is -0.423 e. The predicted octanol–water partition coefficient (Wildman–Crippen LogP) is 6.35. The van der Waals surface area contributed by atoms with Gasteiger partial charge in [-0.2, -0.15) is 0 Å². The molecule has 0 unspecified atom stereocenters. The average Bonchev–Trinajstić information content (AvgIpc) is 2.75. The highest BCUT2D eigenvalue weighted by atomic mass is 16.5. The van der Waals surface area contributed by atoms with Gasteiger partial charge in [0.15, 0.2) is 0 Å². The van der Waals surface area contributed by atoms with E-state index in [1.807, 2.05) is 38.1 Å². The van der Waals surface area contributed by atoms with Gasteiger partial charge < -0.3 is 14.4 Å². The molecule has 32 heavy (non-hydrogen) atoms. The van der Waals surface area contributed by atoms with Crippen LogP contribution in [0.15, 0.2) is 91.5 Å². The second-order valence-corrected chi connectivity index (χ2v) is 7.46. The molecule has 0 saturated carbocycles. The van der Waals surface area contributed by atoms with Crippen molar-refractivity contribution in [3.05, 3.63) is 103 Å². The molecule has 0 aliphatic carbocycles. The molecule has 3 aromatic carbocycles. The highest BCUT2D eigenvalue weighted by molar-refractivity contribution is 5.89. The lowest BCUT2D eigenvalue weighted by molar-refractivity contribution is -0.130. The lowest BCUT2D eigenvalue weighted by atomic mass is 10.1. The summed E-state index contributed by atoms with van der Waals surface area (Å²) in [5, 5.41) is 0. The van der Waals surface area contributed by atoms with Gasteiger partial charge >= 0.3 is 11.9 Å². The summed E-state index contributed by atoms with van der Waals surface area (Å²) in [6, 6.07) is 20.7. The molecule has 0 spiro atoms. The first-order chi connectivity index (χ1) is 15.3. The van der Waals surface area contributed by atoms with Crippen LogP contribution in [0, 0.1) is 13.8 Å². The van der Waals surface area contributed by atoms with E-state index in [-0.39, 0.29) is 0 Å². The molecule has 0 atom stereocenters. The standard InChI is InChI=1S/C27H25NO4/c1-6-26(29)31-24-11-7-21(8-12-24)28(23-16-19(4)15-20(5)17-23)22-9-13-25(14-10-22)32-27(30)18(2)3/h6-17H,1-2H2,3-5H3. The Labute approximate surface area is 188 Å². The smallest absolute Gasteiger partial charge is 0.338 e. The topological polar surface area (TPSA) is 55.8 Å². The number of carbonyl (C=O) groups is 2. The molecule has 162 valence electrons. The Bertz CT molecular complexity index is 1140. The third-order valence-corrected chi connectivity index (χ3v) is 4.60. The van der Waals surface area contributed by atoms with Gasteiger partial charge in [0.1, 0.15) is 11.5 Å². The third-order valence-electron chi connectivity index (χ3n) is 4.60. The molecule has 0 aliphatic heterocycles. The Morgan fingerprint density at radius 1 is 0.781 bits per heavy atom. The highest BCUT2D eigenvalue weighted by Gasteiger charge is 2.15. The van der Waals surface area contributed by atoms with Crippen molar-refractivity contribution >= 4 is 29.0 Å². The van der Waals surface area contributed by atoms with E-state index in [0.29, 0.717) is 17.1 Å². The normalized spacial score (nSPS) is 10.2. The number of nitrogens with zero attached hydrogens (tertiary/aromatic N) is 1. The zero-order valence-electron chi connectivity index (χ0n) is 18.4. The first-order valence-corrected chi connectivity index (χ1v) is 10.1.